The molecule has 1 unspecified atom stereocenters. The van der Waals surface area contributed by atoms with E-state index in [9.17, 15) is 24.3 Å². The zero-order chi connectivity index (χ0) is 26.8. The maximum absolute atomic E-state index is 13.1. The first-order valence-corrected chi connectivity index (χ1v) is 13.6. The number of phenols is 1. The summed E-state index contributed by atoms with van der Waals surface area (Å²) in [6.07, 6.45) is -1.70. The second kappa shape index (κ2) is 10.3. The van der Waals surface area contributed by atoms with Gasteiger partial charge in [0.2, 0.25) is 0 Å². The molecule has 8 heteroatoms. The molecule has 1 atom stereocenters. The molecule has 0 aliphatic carbocycles. The fraction of sp³-hybridized carbons (Fsp3) is 0.519. The minimum atomic E-state index is -4.66. The fourth-order valence-electron chi connectivity index (χ4n) is 4.15. The van der Waals surface area contributed by atoms with Crippen LogP contribution in [0.3, 0.4) is 0 Å². The molecule has 1 amide bonds. The van der Waals surface area contributed by atoms with Crippen molar-refractivity contribution in [3.8, 4) is 5.75 Å². The molecule has 2 aromatic carbocycles. The third-order valence-electron chi connectivity index (χ3n) is 6.44. The maximum atomic E-state index is 13.1. The zero-order valence-electron chi connectivity index (χ0n) is 22.0. The number of carbonyl (C=O) groups is 1. The summed E-state index contributed by atoms with van der Waals surface area (Å²) >= 11 is 0. The molecule has 0 aliphatic rings. The number of benzene rings is 2. The van der Waals surface area contributed by atoms with E-state index in [-0.39, 0.29) is 29.4 Å². The molecule has 35 heavy (non-hydrogen) atoms. The van der Waals surface area contributed by atoms with Crippen LogP contribution in [-0.2, 0) is 20.1 Å². The second-order valence-corrected chi connectivity index (χ2v) is 13.0. The first-order chi connectivity index (χ1) is 16.0. The number of hydrogen-bond acceptors (Lipinski definition) is 4. The number of alkyl carbamates (subject to hydrolysis) is 1. The third kappa shape index (κ3) is 6.46. The highest BCUT2D eigenvalue weighted by Crippen LogP contribution is 2.52. The van der Waals surface area contributed by atoms with Gasteiger partial charge in [-0.2, -0.15) is 0 Å². The van der Waals surface area contributed by atoms with Gasteiger partial charge in [0, 0.05) is 0 Å². The zero-order valence-corrected chi connectivity index (χ0v) is 22.9. The second-order valence-electron chi connectivity index (χ2n) is 11.1. The first-order valence-electron chi connectivity index (χ1n) is 11.9. The van der Waals surface area contributed by atoms with E-state index in [4.69, 9.17) is 4.74 Å². The number of hydrogen-bond donors (Lipinski definition) is 4. The summed E-state index contributed by atoms with van der Waals surface area (Å²) in [5, 5.41) is 11.9. The Bertz CT molecular complexity index is 1040. The highest BCUT2D eigenvalue weighted by molar-refractivity contribution is 7.53. The topological polar surface area (TPSA) is 116 Å². The van der Waals surface area contributed by atoms with Gasteiger partial charge in [-0.15, -0.1) is 0 Å². The van der Waals surface area contributed by atoms with E-state index < -0.39 is 25.1 Å². The molecule has 0 fully saturated rings. The van der Waals surface area contributed by atoms with Gasteiger partial charge in [0.15, 0.2) is 6.10 Å². The molecular formula is C27H40NO6P. The number of phenolic OH excluding ortho intramolecular Hbond substituents is 1. The van der Waals surface area contributed by atoms with Crippen molar-refractivity contribution in [1.82, 2.24) is 5.32 Å². The largest absolute Gasteiger partial charge is 0.507 e. The summed E-state index contributed by atoms with van der Waals surface area (Å²) in [6, 6.07) is 12.8. The summed E-state index contributed by atoms with van der Waals surface area (Å²) in [5.41, 5.74) is 2.03. The molecule has 4 N–H and O–H groups in total. The van der Waals surface area contributed by atoms with Crippen LogP contribution in [0.25, 0.3) is 0 Å². The lowest BCUT2D eigenvalue weighted by molar-refractivity contribution is 0.107. The van der Waals surface area contributed by atoms with Gasteiger partial charge >= 0.3 is 13.7 Å². The Morgan fingerprint density at radius 1 is 0.914 bits per heavy atom. The Hall–Kier alpha value is -2.34. The molecule has 0 saturated carbocycles. The Morgan fingerprint density at radius 3 is 1.74 bits per heavy atom. The van der Waals surface area contributed by atoms with Gasteiger partial charge in [0.1, 0.15) is 11.0 Å². The van der Waals surface area contributed by atoms with E-state index in [0.717, 1.165) is 11.1 Å². The third-order valence-corrected chi connectivity index (χ3v) is 8.30. The number of carbonyl (C=O) groups excluding carboxylic acids is 1. The molecule has 0 heterocycles. The van der Waals surface area contributed by atoms with E-state index in [0.29, 0.717) is 11.1 Å². The van der Waals surface area contributed by atoms with E-state index in [1.807, 2.05) is 84.0 Å². The van der Waals surface area contributed by atoms with Gasteiger partial charge in [0.25, 0.3) is 0 Å². The van der Waals surface area contributed by atoms with E-state index in [2.05, 4.69) is 5.32 Å². The summed E-state index contributed by atoms with van der Waals surface area (Å²) in [5.74, 6) is 0.211. The minimum absolute atomic E-state index is 0.0421. The molecular weight excluding hydrogens is 465 g/mol. The minimum Gasteiger partial charge on any atom is -0.507 e. The number of ether oxygens (including phenoxy) is 1. The van der Waals surface area contributed by atoms with Gasteiger partial charge < -0.3 is 24.9 Å². The van der Waals surface area contributed by atoms with Gasteiger partial charge in [-0.25, -0.2) is 4.79 Å². The van der Waals surface area contributed by atoms with Crippen molar-refractivity contribution < 1.29 is 29.0 Å². The highest BCUT2D eigenvalue weighted by atomic mass is 31.2. The molecule has 0 spiro atoms. The highest BCUT2D eigenvalue weighted by Gasteiger charge is 2.46. The number of nitrogens with one attached hydrogen (secondary N) is 1. The molecule has 0 radical (unpaired) electrons. The van der Waals surface area contributed by atoms with Crippen LogP contribution in [0, 0.1) is 0 Å². The lowest BCUT2D eigenvalue weighted by atomic mass is 9.77. The van der Waals surface area contributed by atoms with Crippen molar-refractivity contribution in [3.63, 3.8) is 0 Å². The van der Waals surface area contributed by atoms with Crippen molar-refractivity contribution in [2.75, 3.05) is 0 Å². The standard InChI is InChI=1S/C27H40NO6P/c1-9-27(10-2,35(31,32)33)28-24(30)34-23(18-14-12-11-13-15-18)19-16-20(25(3,4)5)22(29)21(17-19)26(6,7)8/h11-17,23,29H,9-10H2,1-8H3,(H,28,30)(H2,31,32,33). The van der Waals surface area contributed by atoms with Gasteiger partial charge in [-0.1, -0.05) is 85.7 Å². The maximum Gasteiger partial charge on any atom is 0.409 e. The van der Waals surface area contributed by atoms with Crippen molar-refractivity contribution in [2.45, 2.75) is 90.4 Å². The molecule has 0 aromatic heterocycles. The average Bonchev–Trinajstić information content (AvgIpc) is 2.74. The van der Waals surface area contributed by atoms with Crippen LogP contribution < -0.4 is 5.32 Å². The van der Waals surface area contributed by atoms with Crippen LogP contribution >= 0.6 is 7.60 Å². The lowest BCUT2D eigenvalue weighted by Gasteiger charge is -2.34. The van der Waals surface area contributed by atoms with Crippen LogP contribution in [0.1, 0.15) is 96.6 Å². The Balaban J connectivity index is 2.66. The van der Waals surface area contributed by atoms with Crippen molar-refractivity contribution >= 4 is 13.7 Å². The number of aromatic hydroxyl groups is 1. The van der Waals surface area contributed by atoms with Crippen molar-refractivity contribution in [3.05, 3.63) is 64.7 Å². The lowest BCUT2D eigenvalue weighted by Crippen LogP contribution is -2.47. The van der Waals surface area contributed by atoms with E-state index >= 15 is 0 Å². The van der Waals surface area contributed by atoms with Gasteiger partial charge in [-0.05, 0) is 58.1 Å². The molecule has 0 bridgehead atoms. The van der Waals surface area contributed by atoms with Gasteiger partial charge in [-0.3, -0.25) is 4.57 Å². The molecule has 2 aromatic rings. The molecule has 7 nitrogen and oxygen atoms in total. The molecule has 0 saturated heterocycles. The van der Waals surface area contributed by atoms with Crippen molar-refractivity contribution in [1.29, 1.82) is 0 Å². The Labute approximate surface area is 209 Å². The van der Waals surface area contributed by atoms with Crippen LogP contribution in [0.15, 0.2) is 42.5 Å². The molecule has 2 rings (SSSR count). The number of rotatable bonds is 7. The monoisotopic (exact) mass is 505 g/mol. The van der Waals surface area contributed by atoms with Crippen LogP contribution in [0.4, 0.5) is 4.79 Å². The summed E-state index contributed by atoms with van der Waals surface area (Å²) < 4.78 is 18.1. The first kappa shape index (κ1) is 28.9. The summed E-state index contributed by atoms with van der Waals surface area (Å²) in [4.78, 5) is 33.0. The van der Waals surface area contributed by atoms with Crippen LogP contribution in [-0.4, -0.2) is 26.3 Å². The number of amides is 1. The molecule has 194 valence electrons. The predicted molar refractivity (Wildman–Crippen MR) is 139 cm³/mol. The smallest absolute Gasteiger partial charge is 0.409 e. The Kier molecular flexibility index (Phi) is 8.53. The summed E-state index contributed by atoms with van der Waals surface area (Å²) in [7, 11) is -4.66. The fourth-order valence-corrected chi connectivity index (χ4v) is 5.21. The van der Waals surface area contributed by atoms with Crippen molar-refractivity contribution in [2.24, 2.45) is 0 Å². The van der Waals surface area contributed by atoms with Crippen LogP contribution in [0.2, 0.25) is 0 Å². The van der Waals surface area contributed by atoms with Crippen LogP contribution in [0.5, 0.6) is 5.75 Å². The normalized spacial score (nSPS) is 13.9. The summed E-state index contributed by atoms with van der Waals surface area (Å²) in [6.45, 7) is 15.2. The SMILES string of the molecule is CCC(CC)(NC(=O)OC(c1ccccc1)c1cc(C(C)(C)C)c(O)c(C(C)(C)C)c1)P(=O)(O)O. The quantitative estimate of drug-likeness (QED) is 0.319. The molecule has 0 aliphatic heterocycles. The predicted octanol–water partition coefficient (Wildman–Crippen LogP) is 6.50. The average molecular weight is 506 g/mol. The Morgan fingerprint density at radius 2 is 1.37 bits per heavy atom. The van der Waals surface area contributed by atoms with Gasteiger partial charge in [0.05, 0.1) is 0 Å². The van der Waals surface area contributed by atoms with E-state index in [1.54, 1.807) is 13.8 Å². The van der Waals surface area contributed by atoms with E-state index in [1.165, 1.54) is 0 Å².